The summed E-state index contributed by atoms with van der Waals surface area (Å²) in [5.41, 5.74) is -3.81. The molecule has 0 fully saturated rings. The number of esters is 1. The number of halogens is 3. The summed E-state index contributed by atoms with van der Waals surface area (Å²) in [5.74, 6) is -1.04. The Morgan fingerprint density at radius 1 is 0.822 bits per heavy atom. The van der Waals surface area contributed by atoms with Crippen LogP contribution in [0.15, 0.2) is 57.9 Å². The number of carbonyl (C=O) groups excluding carboxylic acids is 2. The van der Waals surface area contributed by atoms with Crippen molar-refractivity contribution < 1.29 is 40.4 Å². The van der Waals surface area contributed by atoms with Gasteiger partial charge in [0.2, 0.25) is 0 Å². The van der Waals surface area contributed by atoms with Crippen LogP contribution in [-0.2, 0) is 43.7 Å². The Balaban J connectivity index is 1.61. The number of hydrogen-bond acceptors (Lipinski definition) is 8. The molecule has 0 atom stereocenters. The van der Waals surface area contributed by atoms with Gasteiger partial charge in [0, 0.05) is 25.1 Å². The second kappa shape index (κ2) is 17.1. The fourth-order valence-electron chi connectivity index (χ4n) is 4.69. The van der Waals surface area contributed by atoms with Gasteiger partial charge in [-0.25, -0.2) is 13.2 Å². The molecule has 0 saturated carbocycles. The molecule has 246 valence electrons. The van der Waals surface area contributed by atoms with E-state index in [1.165, 1.54) is 44.9 Å². The highest BCUT2D eigenvalue weighted by Gasteiger charge is 2.46. The van der Waals surface area contributed by atoms with Gasteiger partial charge in [-0.15, -0.1) is 0 Å². The predicted octanol–water partition coefficient (Wildman–Crippen LogP) is 7.20. The van der Waals surface area contributed by atoms with Crippen LogP contribution in [-0.4, -0.2) is 47.5 Å². The molecule has 0 spiro atoms. The zero-order valence-corrected chi connectivity index (χ0v) is 26.5. The lowest BCUT2D eigenvalue weighted by Gasteiger charge is -2.22. The average molecular weight is 652 g/mol. The number of benzene rings is 2. The molecule has 13 heteroatoms. The molecule has 0 bridgehead atoms. The molecule has 3 aromatic rings. The lowest BCUT2D eigenvalue weighted by atomic mass is 10.1. The van der Waals surface area contributed by atoms with Crippen molar-refractivity contribution >= 4 is 21.7 Å². The number of nitrogens with zero attached hydrogens (tertiary/aromatic N) is 3. The van der Waals surface area contributed by atoms with Gasteiger partial charge in [-0.1, -0.05) is 87.7 Å². The van der Waals surface area contributed by atoms with Crippen molar-refractivity contribution in [2.24, 2.45) is 0 Å². The molecule has 0 aliphatic carbocycles. The third kappa shape index (κ3) is 10.7. The standard InChI is InChI=1S/C32H40F3N3O6S/c1-3-5-6-7-8-9-10-11-12-13-28-36-29(44-37-28)26-18-14-24(15-19-26)22-38(30(39)31(40)43-4-2)23-25-16-20-27(21-17-25)45(41,42)32(33,34)35/h14-21H,3-13,22-23H2,1-2H3. The van der Waals surface area contributed by atoms with Crippen LogP contribution in [0.25, 0.3) is 11.5 Å². The van der Waals surface area contributed by atoms with E-state index in [-0.39, 0.29) is 19.7 Å². The van der Waals surface area contributed by atoms with Gasteiger partial charge in [0.15, 0.2) is 5.82 Å². The number of unbranched alkanes of at least 4 members (excludes halogenated alkanes) is 8. The van der Waals surface area contributed by atoms with E-state index in [1.54, 1.807) is 31.2 Å². The molecule has 0 aliphatic rings. The van der Waals surface area contributed by atoms with Crippen LogP contribution in [0.1, 0.15) is 88.6 Å². The van der Waals surface area contributed by atoms with E-state index in [4.69, 9.17) is 9.26 Å². The van der Waals surface area contributed by atoms with E-state index in [0.29, 0.717) is 28.4 Å². The first kappa shape index (κ1) is 35.7. The van der Waals surface area contributed by atoms with Gasteiger partial charge in [0.25, 0.3) is 15.7 Å². The third-order valence-electron chi connectivity index (χ3n) is 7.20. The van der Waals surface area contributed by atoms with E-state index < -0.39 is 32.1 Å². The number of aryl methyl sites for hydroxylation is 1. The van der Waals surface area contributed by atoms with E-state index >= 15 is 0 Å². The van der Waals surface area contributed by atoms with Gasteiger partial charge < -0.3 is 14.2 Å². The number of alkyl halides is 3. The SMILES string of the molecule is CCCCCCCCCCCc1noc(-c2ccc(CN(Cc3ccc(S(=O)(=O)C(F)(F)F)cc3)C(=O)C(=O)OCC)cc2)n1. The summed E-state index contributed by atoms with van der Waals surface area (Å²) in [7, 11) is -5.52. The molecular formula is C32H40F3N3O6S. The molecule has 45 heavy (non-hydrogen) atoms. The molecular weight excluding hydrogens is 611 g/mol. The number of carbonyl (C=O) groups is 2. The van der Waals surface area contributed by atoms with Crippen LogP contribution >= 0.6 is 0 Å². The predicted molar refractivity (Wildman–Crippen MR) is 161 cm³/mol. The molecule has 2 aromatic carbocycles. The number of rotatable bonds is 17. The lowest BCUT2D eigenvalue weighted by molar-refractivity contribution is -0.160. The van der Waals surface area contributed by atoms with Crippen molar-refractivity contribution in [3.05, 3.63) is 65.5 Å². The Morgan fingerprint density at radius 2 is 1.36 bits per heavy atom. The van der Waals surface area contributed by atoms with Gasteiger partial charge in [0.1, 0.15) is 0 Å². The average Bonchev–Trinajstić information content (AvgIpc) is 3.48. The second-order valence-electron chi connectivity index (χ2n) is 10.8. The fourth-order valence-corrected chi connectivity index (χ4v) is 5.45. The van der Waals surface area contributed by atoms with E-state index in [0.717, 1.165) is 48.4 Å². The highest BCUT2D eigenvalue weighted by atomic mass is 32.2. The summed E-state index contributed by atoms with van der Waals surface area (Å²) in [6, 6.07) is 10.9. The van der Waals surface area contributed by atoms with E-state index in [1.807, 2.05) is 0 Å². The van der Waals surface area contributed by atoms with Crippen molar-refractivity contribution in [2.45, 2.75) is 102 Å². The van der Waals surface area contributed by atoms with Gasteiger partial charge in [-0.2, -0.15) is 18.2 Å². The van der Waals surface area contributed by atoms with Gasteiger partial charge in [-0.05, 0) is 48.7 Å². The van der Waals surface area contributed by atoms with Crippen molar-refractivity contribution in [3.63, 3.8) is 0 Å². The number of hydrogen-bond donors (Lipinski definition) is 0. The van der Waals surface area contributed by atoms with Crippen molar-refractivity contribution in [1.29, 1.82) is 0 Å². The van der Waals surface area contributed by atoms with Crippen LogP contribution in [0.4, 0.5) is 13.2 Å². The Labute approximate surface area is 262 Å². The van der Waals surface area contributed by atoms with Crippen LogP contribution in [0.2, 0.25) is 0 Å². The van der Waals surface area contributed by atoms with Gasteiger partial charge >= 0.3 is 17.4 Å². The van der Waals surface area contributed by atoms with Crippen molar-refractivity contribution in [3.8, 4) is 11.5 Å². The highest BCUT2D eigenvalue weighted by Crippen LogP contribution is 2.30. The number of amides is 1. The fraction of sp³-hybridized carbons (Fsp3) is 0.500. The first-order chi connectivity index (χ1) is 21.5. The quantitative estimate of drug-likeness (QED) is 0.0854. The maximum Gasteiger partial charge on any atom is 0.501 e. The lowest BCUT2D eigenvalue weighted by Crippen LogP contribution is -2.36. The zero-order valence-electron chi connectivity index (χ0n) is 25.6. The van der Waals surface area contributed by atoms with Crippen LogP contribution in [0.3, 0.4) is 0 Å². The maximum atomic E-state index is 12.9. The largest absolute Gasteiger partial charge is 0.501 e. The maximum absolute atomic E-state index is 12.9. The number of sulfone groups is 1. The van der Waals surface area contributed by atoms with Gasteiger partial charge in [0.05, 0.1) is 11.5 Å². The monoisotopic (exact) mass is 651 g/mol. The molecule has 1 amide bonds. The van der Waals surface area contributed by atoms with E-state index in [2.05, 4.69) is 17.1 Å². The molecule has 3 rings (SSSR count). The first-order valence-electron chi connectivity index (χ1n) is 15.2. The summed E-state index contributed by atoms with van der Waals surface area (Å²) in [6.07, 6.45) is 11.7. The number of aromatic nitrogens is 2. The Kier molecular flexibility index (Phi) is 13.6. The normalized spacial score (nSPS) is 11.8. The summed E-state index contributed by atoms with van der Waals surface area (Å²) >= 11 is 0. The van der Waals surface area contributed by atoms with Crippen molar-refractivity contribution in [2.75, 3.05) is 6.61 Å². The molecule has 0 saturated heterocycles. The van der Waals surface area contributed by atoms with Crippen LogP contribution in [0.5, 0.6) is 0 Å². The molecule has 1 aromatic heterocycles. The molecule has 9 nitrogen and oxygen atoms in total. The topological polar surface area (TPSA) is 120 Å². The van der Waals surface area contributed by atoms with Crippen molar-refractivity contribution in [1.82, 2.24) is 15.0 Å². The Hall–Kier alpha value is -3.74. The second-order valence-corrected chi connectivity index (χ2v) is 12.7. The smallest absolute Gasteiger partial charge is 0.459 e. The van der Waals surface area contributed by atoms with E-state index in [9.17, 15) is 31.2 Å². The molecule has 0 unspecified atom stereocenters. The summed E-state index contributed by atoms with van der Waals surface area (Å²) < 4.78 is 72.3. The third-order valence-corrected chi connectivity index (χ3v) is 8.70. The Bertz CT molecular complexity index is 1470. The first-order valence-corrected chi connectivity index (χ1v) is 16.7. The summed E-state index contributed by atoms with van der Waals surface area (Å²) in [5, 5.41) is 4.08. The zero-order chi connectivity index (χ0) is 32.9. The molecule has 1 heterocycles. The summed E-state index contributed by atoms with van der Waals surface area (Å²) in [6.45, 7) is 3.52. The van der Waals surface area contributed by atoms with Gasteiger partial charge in [-0.3, -0.25) is 4.79 Å². The minimum Gasteiger partial charge on any atom is -0.459 e. The highest BCUT2D eigenvalue weighted by molar-refractivity contribution is 7.92. The minimum atomic E-state index is -5.52. The van der Waals surface area contributed by atoms with Crippen LogP contribution in [0, 0.1) is 0 Å². The minimum absolute atomic E-state index is 0.0254. The number of ether oxygens (including phenoxy) is 1. The van der Waals surface area contributed by atoms with Crippen LogP contribution < -0.4 is 0 Å². The molecule has 0 radical (unpaired) electrons. The Morgan fingerprint density at radius 3 is 1.89 bits per heavy atom. The molecule has 0 N–H and O–H groups in total. The molecule has 0 aliphatic heterocycles. The summed E-state index contributed by atoms with van der Waals surface area (Å²) in [4.78, 5) is 29.8.